The maximum absolute atomic E-state index is 5.21. The Hall–Kier alpha value is -2.28. The molecule has 0 bridgehead atoms. The lowest BCUT2D eigenvalue weighted by Crippen LogP contribution is -2.00. The Morgan fingerprint density at radius 1 is 1.50 bits per heavy atom. The van der Waals surface area contributed by atoms with Crippen molar-refractivity contribution < 1.29 is 4.42 Å². The summed E-state index contributed by atoms with van der Waals surface area (Å²) in [5, 5.41) is 10.6. The number of anilines is 1. The van der Waals surface area contributed by atoms with Crippen LogP contribution in [-0.2, 0) is 0 Å². The van der Waals surface area contributed by atoms with E-state index < -0.39 is 0 Å². The van der Waals surface area contributed by atoms with E-state index in [1.54, 1.807) is 0 Å². The first kappa shape index (κ1) is 10.2. The Kier molecular flexibility index (Phi) is 2.88. The minimum Gasteiger partial charge on any atom is -0.423 e. The van der Waals surface area contributed by atoms with E-state index in [9.17, 15) is 0 Å². The van der Waals surface area contributed by atoms with E-state index >= 15 is 0 Å². The van der Waals surface area contributed by atoms with Crippen LogP contribution in [0.1, 0.15) is 5.56 Å². The number of rotatable bonds is 3. The molecule has 1 heterocycles. The fourth-order valence-electron chi connectivity index (χ4n) is 1.39. The number of benzene rings is 1. The summed E-state index contributed by atoms with van der Waals surface area (Å²) < 4.78 is 5.13. The van der Waals surface area contributed by atoms with Gasteiger partial charge in [0.05, 0.1) is 6.54 Å². The van der Waals surface area contributed by atoms with Crippen molar-refractivity contribution in [2.45, 2.75) is 6.92 Å². The average Bonchev–Trinajstić information content (AvgIpc) is 2.81. The second kappa shape index (κ2) is 4.49. The Labute approximate surface area is 93.7 Å². The van der Waals surface area contributed by atoms with Gasteiger partial charge in [-0.05, 0) is 24.6 Å². The van der Waals surface area contributed by atoms with Crippen molar-refractivity contribution in [3.63, 3.8) is 0 Å². The summed E-state index contributed by atoms with van der Waals surface area (Å²) in [7, 11) is 0. The van der Waals surface area contributed by atoms with Crippen LogP contribution in [0.3, 0.4) is 0 Å². The van der Waals surface area contributed by atoms with Crippen molar-refractivity contribution in [2.24, 2.45) is 0 Å². The molecule has 0 radical (unpaired) electrons. The van der Waals surface area contributed by atoms with Gasteiger partial charge in [-0.3, -0.25) is 0 Å². The average molecular weight is 213 g/mol. The van der Waals surface area contributed by atoms with Gasteiger partial charge in [-0.15, -0.1) is 16.6 Å². The van der Waals surface area contributed by atoms with Crippen molar-refractivity contribution in [3.8, 4) is 23.8 Å². The standard InChI is InChI=1S/C12H11N3O/c1-3-6-13-11-7-10(5-4-9(11)2)12-15-14-8-16-12/h1,4-5,7-8,13H,6H2,2H3. The maximum Gasteiger partial charge on any atom is 0.247 e. The molecule has 0 atom stereocenters. The fourth-order valence-corrected chi connectivity index (χ4v) is 1.39. The highest BCUT2D eigenvalue weighted by molar-refractivity contribution is 5.64. The molecule has 1 aromatic carbocycles. The molecule has 1 aromatic heterocycles. The molecule has 0 aliphatic heterocycles. The van der Waals surface area contributed by atoms with E-state index in [1.165, 1.54) is 6.39 Å². The van der Waals surface area contributed by atoms with E-state index in [1.807, 2.05) is 25.1 Å². The van der Waals surface area contributed by atoms with Crippen LogP contribution in [0.5, 0.6) is 0 Å². The molecule has 0 saturated heterocycles. The first-order chi connectivity index (χ1) is 7.81. The molecule has 16 heavy (non-hydrogen) atoms. The zero-order valence-electron chi connectivity index (χ0n) is 8.90. The third-order valence-electron chi connectivity index (χ3n) is 2.23. The number of nitrogens with zero attached hydrogens (tertiary/aromatic N) is 2. The molecule has 0 aliphatic carbocycles. The van der Waals surface area contributed by atoms with Crippen LogP contribution in [0.4, 0.5) is 5.69 Å². The molecule has 0 aliphatic rings. The first-order valence-corrected chi connectivity index (χ1v) is 4.86. The summed E-state index contributed by atoms with van der Waals surface area (Å²) in [5.74, 6) is 3.04. The molecule has 4 nitrogen and oxygen atoms in total. The summed E-state index contributed by atoms with van der Waals surface area (Å²) in [6.45, 7) is 2.50. The van der Waals surface area contributed by atoms with Crippen molar-refractivity contribution >= 4 is 5.69 Å². The molecule has 2 rings (SSSR count). The van der Waals surface area contributed by atoms with Crippen molar-refractivity contribution in [3.05, 3.63) is 30.2 Å². The number of hydrogen-bond donors (Lipinski definition) is 1. The first-order valence-electron chi connectivity index (χ1n) is 4.86. The van der Waals surface area contributed by atoms with Crippen molar-refractivity contribution in [1.82, 2.24) is 10.2 Å². The molecule has 4 heteroatoms. The largest absolute Gasteiger partial charge is 0.423 e. The summed E-state index contributed by atoms with van der Waals surface area (Å²) in [4.78, 5) is 0. The van der Waals surface area contributed by atoms with Gasteiger partial charge < -0.3 is 9.73 Å². The van der Waals surface area contributed by atoms with Crippen LogP contribution in [-0.4, -0.2) is 16.7 Å². The minimum absolute atomic E-state index is 0.494. The molecule has 1 N–H and O–H groups in total. The predicted octanol–water partition coefficient (Wildman–Crippen LogP) is 2.09. The highest BCUT2D eigenvalue weighted by atomic mass is 16.4. The Morgan fingerprint density at radius 2 is 2.38 bits per heavy atom. The molecular weight excluding hydrogens is 202 g/mol. The topological polar surface area (TPSA) is 51.0 Å². The molecule has 0 spiro atoms. The lowest BCUT2D eigenvalue weighted by Gasteiger charge is -2.07. The van der Waals surface area contributed by atoms with Gasteiger partial charge in [0.1, 0.15) is 0 Å². The third-order valence-corrected chi connectivity index (χ3v) is 2.23. The second-order valence-electron chi connectivity index (χ2n) is 3.33. The predicted molar refractivity (Wildman–Crippen MR) is 61.8 cm³/mol. The number of aryl methyl sites for hydroxylation is 1. The van der Waals surface area contributed by atoms with Crippen LogP contribution in [0, 0.1) is 19.3 Å². The molecular formula is C12H11N3O. The van der Waals surface area contributed by atoms with Crippen molar-refractivity contribution in [2.75, 3.05) is 11.9 Å². The molecule has 80 valence electrons. The monoisotopic (exact) mass is 213 g/mol. The summed E-state index contributed by atoms with van der Waals surface area (Å²) in [5.41, 5.74) is 2.98. The Morgan fingerprint density at radius 3 is 3.06 bits per heavy atom. The second-order valence-corrected chi connectivity index (χ2v) is 3.33. The molecule has 0 saturated carbocycles. The van der Waals surface area contributed by atoms with Crippen LogP contribution in [0.25, 0.3) is 11.5 Å². The van der Waals surface area contributed by atoms with Crippen LogP contribution < -0.4 is 5.32 Å². The van der Waals surface area contributed by atoms with E-state index in [2.05, 4.69) is 21.4 Å². The van der Waals surface area contributed by atoms with Crippen LogP contribution in [0.15, 0.2) is 29.0 Å². The van der Waals surface area contributed by atoms with Gasteiger partial charge >= 0.3 is 0 Å². The highest BCUT2D eigenvalue weighted by Crippen LogP contribution is 2.23. The summed E-state index contributed by atoms with van der Waals surface area (Å²) in [6.07, 6.45) is 6.51. The lowest BCUT2D eigenvalue weighted by molar-refractivity contribution is 0.568. The lowest BCUT2D eigenvalue weighted by atomic mass is 10.1. The maximum atomic E-state index is 5.21. The Bertz CT molecular complexity index is 512. The zero-order chi connectivity index (χ0) is 11.4. The third kappa shape index (κ3) is 2.04. The molecule has 0 amide bonds. The fraction of sp³-hybridized carbons (Fsp3) is 0.167. The van der Waals surface area contributed by atoms with Gasteiger partial charge in [0, 0.05) is 11.3 Å². The van der Waals surface area contributed by atoms with Gasteiger partial charge in [-0.1, -0.05) is 12.0 Å². The quantitative estimate of drug-likeness (QED) is 0.793. The van der Waals surface area contributed by atoms with Gasteiger partial charge in [-0.2, -0.15) is 0 Å². The van der Waals surface area contributed by atoms with Gasteiger partial charge in [0.15, 0.2) is 0 Å². The van der Waals surface area contributed by atoms with Crippen LogP contribution >= 0.6 is 0 Å². The van der Waals surface area contributed by atoms with Gasteiger partial charge in [0.2, 0.25) is 12.3 Å². The minimum atomic E-state index is 0.494. The smallest absolute Gasteiger partial charge is 0.247 e. The molecule has 0 unspecified atom stereocenters. The summed E-state index contributed by atoms with van der Waals surface area (Å²) in [6, 6.07) is 5.86. The van der Waals surface area contributed by atoms with E-state index in [4.69, 9.17) is 10.8 Å². The Balaban J connectivity index is 2.33. The molecule has 0 fully saturated rings. The van der Waals surface area contributed by atoms with Crippen LogP contribution in [0.2, 0.25) is 0 Å². The van der Waals surface area contributed by atoms with E-state index in [-0.39, 0.29) is 0 Å². The number of terminal acetylenes is 1. The summed E-state index contributed by atoms with van der Waals surface area (Å²) >= 11 is 0. The number of nitrogens with one attached hydrogen (secondary N) is 1. The zero-order valence-corrected chi connectivity index (χ0v) is 8.90. The normalized spacial score (nSPS) is 9.75. The van der Waals surface area contributed by atoms with Gasteiger partial charge in [-0.25, -0.2) is 0 Å². The number of aromatic nitrogens is 2. The van der Waals surface area contributed by atoms with E-state index in [0.717, 1.165) is 16.8 Å². The van der Waals surface area contributed by atoms with Crippen molar-refractivity contribution in [1.29, 1.82) is 0 Å². The molecule has 2 aromatic rings. The SMILES string of the molecule is C#CCNc1cc(-c2nnco2)ccc1C. The highest BCUT2D eigenvalue weighted by Gasteiger charge is 2.05. The van der Waals surface area contributed by atoms with E-state index in [0.29, 0.717) is 12.4 Å². The van der Waals surface area contributed by atoms with Gasteiger partial charge in [0.25, 0.3) is 0 Å². The number of hydrogen-bond acceptors (Lipinski definition) is 4.